The minimum atomic E-state index is -0.731. The molecule has 1 aromatic carbocycles. The highest BCUT2D eigenvalue weighted by atomic mass is 16.5. The van der Waals surface area contributed by atoms with Gasteiger partial charge in [-0.3, -0.25) is 4.79 Å². The van der Waals surface area contributed by atoms with Crippen LogP contribution in [0.1, 0.15) is 44.9 Å². The molecule has 0 bridgehead atoms. The molecule has 1 aromatic heterocycles. The number of nitrogens with zero attached hydrogens (tertiary/aromatic N) is 3. The molecule has 4 rings (SSSR count). The van der Waals surface area contributed by atoms with Gasteiger partial charge in [0.1, 0.15) is 23.2 Å². The van der Waals surface area contributed by atoms with E-state index in [0.29, 0.717) is 54.4 Å². The van der Waals surface area contributed by atoms with Gasteiger partial charge in [0, 0.05) is 25.2 Å². The summed E-state index contributed by atoms with van der Waals surface area (Å²) in [5.41, 5.74) is 0.351. The lowest BCUT2D eigenvalue weighted by molar-refractivity contribution is -0.123. The summed E-state index contributed by atoms with van der Waals surface area (Å²) in [6, 6.07) is 6.87. The zero-order valence-electron chi connectivity index (χ0n) is 19.9. The molecule has 182 valence electrons. The minimum Gasteiger partial charge on any atom is -0.497 e. The summed E-state index contributed by atoms with van der Waals surface area (Å²) in [5.74, 6) is 0.376. The molecule has 0 spiro atoms. The number of amides is 1. The van der Waals surface area contributed by atoms with Gasteiger partial charge in [-0.25, -0.2) is 4.79 Å². The molecular weight excluding hydrogens is 434 g/mol. The molecule has 1 amide bonds. The van der Waals surface area contributed by atoms with Crippen LogP contribution in [0.4, 0.5) is 5.82 Å². The van der Waals surface area contributed by atoms with Crippen molar-refractivity contribution in [2.45, 2.75) is 57.0 Å². The third kappa shape index (κ3) is 5.86. The lowest BCUT2D eigenvalue weighted by atomic mass is 9.84. The van der Waals surface area contributed by atoms with Gasteiger partial charge in [0.05, 0.1) is 24.5 Å². The predicted octanol–water partition coefficient (Wildman–Crippen LogP) is 2.91. The van der Waals surface area contributed by atoms with Gasteiger partial charge >= 0.3 is 5.76 Å². The van der Waals surface area contributed by atoms with Gasteiger partial charge in [0.2, 0.25) is 5.91 Å². The first-order chi connectivity index (χ1) is 16.4. The highest BCUT2D eigenvalue weighted by Crippen LogP contribution is 2.30. The maximum atomic E-state index is 13.5. The summed E-state index contributed by atoms with van der Waals surface area (Å²) < 4.78 is 10.5. The van der Waals surface area contributed by atoms with E-state index in [1.807, 2.05) is 7.05 Å². The third-order valence-electron chi connectivity index (χ3n) is 6.93. The van der Waals surface area contributed by atoms with Gasteiger partial charge in [0.25, 0.3) is 0 Å². The van der Waals surface area contributed by atoms with Gasteiger partial charge in [-0.15, -0.1) is 0 Å². The van der Waals surface area contributed by atoms with Crippen molar-refractivity contribution < 1.29 is 13.9 Å². The maximum Gasteiger partial charge on any atom is 0.441 e. The molecular formula is C25H33N5O4. The lowest BCUT2D eigenvalue weighted by Crippen LogP contribution is -2.53. The summed E-state index contributed by atoms with van der Waals surface area (Å²) in [5, 5.41) is 16.4. The number of likely N-dealkylation sites (tertiary alicyclic amines) is 1. The summed E-state index contributed by atoms with van der Waals surface area (Å²) in [6.07, 6.45) is 7.07. The van der Waals surface area contributed by atoms with E-state index in [1.54, 1.807) is 25.3 Å². The van der Waals surface area contributed by atoms with Crippen LogP contribution in [0, 0.1) is 23.2 Å². The summed E-state index contributed by atoms with van der Waals surface area (Å²) in [6.45, 7) is 1.42. The number of hydrogen-bond acceptors (Lipinski definition) is 8. The number of ether oxygens (including phenoxy) is 1. The Morgan fingerprint density at radius 3 is 2.85 bits per heavy atom. The van der Waals surface area contributed by atoms with E-state index in [1.165, 1.54) is 19.3 Å². The number of rotatable bonds is 7. The van der Waals surface area contributed by atoms with Gasteiger partial charge in [0.15, 0.2) is 0 Å². The minimum absolute atomic E-state index is 0.0960. The fourth-order valence-electron chi connectivity index (χ4n) is 5.26. The molecule has 2 heterocycles. The van der Waals surface area contributed by atoms with E-state index < -0.39 is 11.8 Å². The van der Waals surface area contributed by atoms with E-state index in [9.17, 15) is 14.9 Å². The van der Waals surface area contributed by atoms with E-state index in [-0.39, 0.29) is 17.9 Å². The van der Waals surface area contributed by atoms with Crippen LogP contribution in [-0.2, 0) is 4.79 Å². The van der Waals surface area contributed by atoms with Crippen molar-refractivity contribution in [3.8, 4) is 11.8 Å². The SMILES string of the molecule is COc1ccc2c(N[C@@H](CC3CCCCC3)C(=O)NC3CC(C#N)CN(C)C3)nc(=O)oc2c1. The largest absolute Gasteiger partial charge is 0.497 e. The van der Waals surface area contributed by atoms with E-state index in [4.69, 9.17) is 9.15 Å². The zero-order valence-corrected chi connectivity index (χ0v) is 19.9. The van der Waals surface area contributed by atoms with E-state index in [2.05, 4.69) is 26.6 Å². The van der Waals surface area contributed by atoms with Crippen molar-refractivity contribution in [1.29, 1.82) is 5.26 Å². The number of piperidine rings is 1. The van der Waals surface area contributed by atoms with Crippen molar-refractivity contribution >= 4 is 22.7 Å². The standard InChI is InChI=1S/C25H33N5O4/c1-30-14-17(13-26)10-18(15-30)27-24(31)21(11-16-6-4-3-5-7-16)28-23-20-9-8-19(33-2)12-22(20)34-25(32)29-23/h8-9,12,16-18,21H,3-7,10-11,14-15H2,1-2H3,(H,27,31)(H,28,29,32)/t17?,18?,21-/m0/s1. The molecule has 2 aromatic rings. The average Bonchev–Trinajstić information content (AvgIpc) is 2.83. The Bertz CT molecular complexity index is 1100. The molecule has 3 atom stereocenters. The van der Waals surface area contributed by atoms with Crippen LogP contribution in [0.2, 0.25) is 0 Å². The monoisotopic (exact) mass is 467 g/mol. The Balaban J connectivity index is 1.58. The maximum absolute atomic E-state index is 13.5. The number of nitriles is 1. The number of likely N-dealkylation sites (N-methyl/N-ethyl adjacent to an activating group) is 1. The van der Waals surface area contributed by atoms with Crippen LogP contribution in [0.5, 0.6) is 5.75 Å². The van der Waals surface area contributed by atoms with Crippen LogP contribution in [0.15, 0.2) is 27.4 Å². The van der Waals surface area contributed by atoms with Crippen molar-refractivity contribution in [3.63, 3.8) is 0 Å². The number of anilines is 1. The lowest BCUT2D eigenvalue weighted by Gasteiger charge is -2.34. The number of hydrogen-bond donors (Lipinski definition) is 2. The molecule has 0 radical (unpaired) electrons. The van der Waals surface area contributed by atoms with Crippen molar-refractivity contribution in [2.75, 3.05) is 32.6 Å². The molecule has 2 aliphatic rings. The Morgan fingerprint density at radius 1 is 1.32 bits per heavy atom. The summed E-state index contributed by atoms with van der Waals surface area (Å²) >= 11 is 0. The van der Waals surface area contributed by atoms with E-state index >= 15 is 0 Å². The van der Waals surface area contributed by atoms with Crippen molar-refractivity contribution in [1.82, 2.24) is 15.2 Å². The molecule has 2 N–H and O–H groups in total. The quantitative estimate of drug-likeness (QED) is 0.638. The van der Waals surface area contributed by atoms with Crippen molar-refractivity contribution in [2.24, 2.45) is 11.8 Å². The molecule has 1 aliphatic carbocycles. The molecule has 2 fully saturated rings. The number of nitrogens with one attached hydrogen (secondary N) is 2. The second kappa shape index (κ2) is 10.9. The number of carbonyl (C=O) groups is 1. The van der Waals surface area contributed by atoms with Crippen molar-refractivity contribution in [3.05, 3.63) is 28.7 Å². The second-order valence-corrected chi connectivity index (χ2v) is 9.62. The normalized spacial score (nSPS) is 22.6. The molecule has 1 saturated heterocycles. The Labute approximate surface area is 199 Å². The van der Waals surface area contributed by atoms with Crippen LogP contribution in [0.25, 0.3) is 11.0 Å². The van der Waals surface area contributed by atoms with Crippen LogP contribution < -0.4 is 21.1 Å². The number of methoxy groups -OCH3 is 1. The smallest absolute Gasteiger partial charge is 0.441 e. The van der Waals surface area contributed by atoms with Crippen LogP contribution in [0.3, 0.4) is 0 Å². The second-order valence-electron chi connectivity index (χ2n) is 9.62. The third-order valence-corrected chi connectivity index (χ3v) is 6.93. The first-order valence-corrected chi connectivity index (χ1v) is 12.1. The number of carbonyl (C=O) groups excluding carboxylic acids is 1. The fraction of sp³-hybridized carbons (Fsp3) is 0.600. The molecule has 1 saturated carbocycles. The Morgan fingerprint density at radius 2 is 2.12 bits per heavy atom. The van der Waals surface area contributed by atoms with Gasteiger partial charge < -0.3 is 24.7 Å². The number of fused-ring (bicyclic) bond motifs is 1. The van der Waals surface area contributed by atoms with E-state index in [0.717, 1.165) is 12.8 Å². The molecule has 9 nitrogen and oxygen atoms in total. The first-order valence-electron chi connectivity index (χ1n) is 12.1. The number of benzene rings is 1. The molecule has 2 unspecified atom stereocenters. The highest BCUT2D eigenvalue weighted by Gasteiger charge is 2.31. The zero-order chi connectivity index (χ0) is 24.1. The summed E-state index contributed by atoms with van der Waals surface area (Å²) in [4.78, 5) is 31.8. The predicted molar refractivity (Wildman–Crippen MR) is 129 cm³/mol. The van der Waals surface area contributed by atoms with Crippen LogP contribution in [-0.4, -0.2) is 55.1 Å². The molecule has 9 heteroatoms. The topological polar surface area (TPSA) is 120 Å². The number of aromatic nitrogens is 1. The first kappa shape index (κ1) is 24.0. The summed E-state index contributed by atoms with van der Waals surface area (Å²) in [7, 11) is 3.51. The fourth-order valence-corrected chi connectivity index (χ4v) is 5.26. The molecule has 34 heavy (non-hydrogen) atoms. The van der Waals surface area contributed by atoms with Gasteiger partial charge in [-0.1, -0.05) is 32.1 Å². The Kier molecular flexibility index (Phi) is 7.68. The average molecular weight is 468 g/mol. The van der Waals surface area contributed by atoms with Gasteiger partial charge in [-0.2, -0.15) is 10.2 Å². The van der Waals surface area contributed by atoms with Crippen LogP contribution >= 0.6 is 0 Å². The molecule has 1 aliphatic heterocycles. The highest BCUT2D eigenvalue weighted by molar-refractivity contribution is 5.91. The van der Waals surface area contributed by atoms with Gasteiger partial charge in [-0.05, 0) is 37.9 Å². The Hall–Kier alpha value is -3.12.